The minimum atomic E-state index is -0.140. The van der Waals surface area contributed by atoms with Gasteiger partial charge in [-0.25, -0.2) is 4.39 Å². The number of aromatic nitrogens is 2. The van der Waals surface area contributed by atoms with Gasteiger partial charge in [0.2, 0.25) is 0 Å². The Hall–Kier alpha value is -2.77. The summed E-state index contributed by atoms with van der Waals surface area (Å²) < 4.78 is 15.8. The lowest BCUT2D eigenvalue weighted by atomic mass is 10.1. The minimum Gasteiger partial charge on any atom is -0.346 e. The second-order valence-electron chi connectivity index (χ2n) is 7.61. The van der Waals surface area contributed by atoms with Gasteiger partial charge in [0.25, 0.3) is 0 Å². The lowest BCUT2D eigenvalue weighted by molar-refractivity contribution is 0.175. The molecule has 1 fully saturated rings. The smallest absolute Gasteiger partial charge is 0.174 e. The monoisotopic (exact) mass is 423 g/mol. The fraction of sp³-hybridized carbons (Fsp3) is 0.304. The molecule has 1 N–H and O–H groups in total. The Kier molecular flexibility index (Phi) is 6.40. The lowest BCUT2D eigenvalue weighted by Gasteiger charge is -2.36. The van der Waals surface area contributed by atoms with Crippen molar-refractivity contribution in [1.29, 1.82) is 0 Å². The Labute approximate surface area is 182 Å². The predicted octanol–water partition coefficient (Wildman–Crippen LogP) is 3.89. The summed E-state index contributed by atoms with van der Waals surface area (Å²) in [5.74, 6) is 0.612. The molecule has 156 valence electrons. The normalized spacial score (nSPS) is 14.7. The molecule has 0 spiro atoms. The van der Waals surface area contributed by atoms with Crippen LogP contribution in [-0.2, 0) is 13.1 Å². The third-order valence-corrected chi connectivity index (χ3v) is 5.84. The summed E-state index contributed by atoms with van der Waals surface area (Å²) in [7, 11) is 0. The van der Waals surface area contributed by atoms with Crippen LogP contribution in [0.3, 0.4) is 0 Å². The molecule has 0 amide bonds. The summed E-state index contributed by atoms with van der Waals surface area (Å²) in [6.07, 6.45) is 1.96. The zero-order chi connectivity index (χ0) is 20.9. The van der Waals surface area contributed by atoms with E-state index in [4.69, 9.17) is 12.2 Å². The van der Waals surface area contributed by atoms with Crippen molar-refractivity contribution in [2.24, 2.45) is 0 Å². The quantitative estimate of drug-likeness (QED) is 0.630. The summed E-state index contributed by atoms with van der Waals surface area (Å²) in [5.41, 5.74) is 3.25. The first kappa shape index (κ1) is 20.5. The van der Waals surface area contributed by atoms with E-state index >= 15 is 0 Å². The molecule has 0 saturated carbocycles. The second-order valence-corrected chi connectivity index (χ2v) is 8.00. The Bertz CT molecular complexity index is 1010. The van der Waals surface area contributed by atoms with Gasteiger partial charge in [0.05, 0.1) is 6.54 Å². The van der Waals surface area contributed by atoms with Gasteiger partial charge in [0.1, 0.15) is 5.82 Å². The summed E-state index contributed by atoms with van der Waals surface area (Å²) in [4.78, 5) is 4.40. The number of aryl methyl sites for hydroxylation is 1. The van der Waals surface area contributed by atoms with E-state index in [0.717, 1.165) is 44.1 Å². The van der Waals surface area contributed by atoms with E-state index in [1.807, 2.05) is 41.2 Å². The molecule has 5 nitrogen and oxygen atoms in total. The molecule has 3 aromatic rings. The van der Waals surface area contributed by atoms with E-state index < -0.39 is 0 Å². The average Bonchev–Trinajstić information content (AvgIpc) is 3.19. The topological polar surface area (TPSA) is 36.3 Å². The molecule has 1 aromatic heterocycles. The van der Waals surface area contributed by atoms with Gasteiger partial charge in [-0.2, -0.15) is 5.10 Å². The van der Waals surface area contributed by atoms with Crippen LogP contribution in [0.1, 0.15) is 16.7 Å². The number of rotatable bonds is 5. The van der Waals surface area contributed by atoms with Crippen molar-refractivity contribution in [2.45, 2.75) is 20.0 Å². The maximum Gasteiger partial charge on any atom is 0.174 e. The van der Waals surface area contributed by atoms with E-state index in [1.165, 1.54) is 17.2 Å². The number of benzene rings is 2. The highest BCUT2D eigenvalue weighted by molar-refractivity contribution is 7.80. The van der Waals surface area contributed by atoms with E-state index in [9.17, 15) is 4.39 Å². The fourth-order valence-electron chi connectivity index (χ4n) is 3.64. The highest BCUT2D eigenvalue weighted by Gasteiger charge is 2.20. The molecular weight excluding hydrogens is 397 g/mol. The van der Waals surface area contributed by atoms with Crippen molar-refractivity contribution >= 4 is 23.1 Å². The van der Waals surface area contributed by atoms with Gasteiger partial charge in [-0.15, -0.1) is 0 Å². The van der Waals surface area contributed by atoms with E-state index in [2.05, 4.69) is 39.3 Å². The van der Waals surface area contributed by atoms with E-state index in [0.29, 0.717) is 11.7 Å². The Balaban J connectivity index is 1.28. The molecule has 1 saturated heterocycles. The highest BCUT2D eigenvalue weighted by atomic mass is 32.1. The molecule has 0 bridgehead atoms. The Morgan fingerprint density at radius 1 is 0.967 bits per heavy atom. The Morgan fingerprint density at radius 2 is 1.67 bits per heavy atom. The number of thiocarbonyl (C=S) groups is 1. The molecule has 0 aliphatic carbocycles. The maximum atomic E-state index is 13.9. The molecule has 2 heterocycles. The first-order valence-electron chi connectivity index (χ1n) is 10.2. The van der Waals surface area contributed by atoms with Gasteiger partial charge in [-0.05, 0) is 36.3 Å². The molecule has 2 aromatic carbocycles. The molecule has 0 radical (unpaired) electrons. The number of halogens is 1. The van der Waals surface area contributed by atoms with E-state index in [-0.39, 0.29) is 5.82 Å². The molecule has 4 rings (SSSR count). The van der Waals surface area contributed by atoms with Crippen LogP contribution in [0.5, 0.6) is 0 Å². The third kappa shape index (κ3) is 5.04. The molecule has 0 atom stereocenters. The average molecular weight is 424 g/mol. The number of hydrogen-bond donors (Lipinski definition) is 1. The molecule has 0 unspecified atom stereocenters. The second kappa shape index (κ2) is 9.36. The minimum absolute atomic E-state index is 0.140. The number of anilines is 1. The van der Waals surface area contributed by atoms with Crippen molar-refractivity contribution in [1.82, 2.24) is 19.6 Å². The van der Waals surface area contributed by atoms with Crippen molar-refractivity contribution in [3.05, 3.63) is 83.3 Å². The first-order valence-corrected chi connectivity index (χ1v) is 10.6. The lowest BCUT2D eigenvalue weighted by Crippen LogP contribution is -2.49. The zero-order valence-corrected chi connectivity index (χ0v) is 17.9. The Morgan fingerprint density at radius 3 is 2.40 bits per heavy atom. The van der Waals surface area contributed by atoms with Crippen LogP contribution in [-0.4, -0.2) is 50.9 Å². The summed E-state index contributed by atoms with van der Waals surface area (Å²) >= 11 is 5.59. The maximum absolute atomic E-state index is 13.9. The third-order valence-electron chi connectivity index (χ3n) is 5.48. The fourth-order valence-corrected chi connectivity index (χ4v) is 3.93. The van der Waals surface area contributed by atoms with Crippen molar-refractivity contribution < 1.29 is 4.39 Å². The van der Waals surface area contributed by atoms with Gasteiger partial charge in [-0.1, -0.05) is 42.5 Å². The largest absolute Gasteiger partial charge is 0.346 e. The summed E-state index contributed by atoms with van der Waals surface area (Å²) in [6, 6.07) is 17.2. The number of piperazine rings is 1. The van der Waals surface area contributed by atoms with Crippen LogP contribution in [0, 0.1) is 12.7 Å². The van der Waals surface area contributed by atoms with Gasteiger partial charge in [0.15, 0.2) is 10.9 Å². The number of hydrogen-bond acceptors (Lipinski definition) is 3. The predicted molar refractivity (Wildman–Crippen MR) is 122 cm³/mol. The molecule has 30 heavy (non-hydrogen) atoms. The van der Waals surface area contributed by atoms with Gasteiger partial charge >= 0.3 is 0 Å². The first-order chi connectivity index (χ1) is 14.6. The molecular formula is C23H26FN5S. The SMILES string of the molecule is Cc1ccccc1Cn1ccc(NC(=S)N2CCN(Cc3ccccc3F)CC2)n1. The molecule has 1 aliphatic heterocycles. The van der Waals surface area contributed by atoms with Crippen LogP contribution >= 0.6 is 12.2 Å². The molecule has 1 aliphatic rings. The van der Waals surface area contributed by atoms with Gasteiger partial charge in [-0.3, -0.25) is 9.58 Å². The zero-order valence-electron chi connectivity index (χ0n) is 17.1. The van der Waals surface area contributed by atoms with Crippen LogP contribution < -0.4 is 5.32 Å². The highest BCUT2D eigenvalue weighted by Crippen LogP contribution is 2.14. The van der Waals surface area contributed by atoms with Crippen LogP contribution in [0.2, 0.25) is 0 Å². The number of nitrogens with one attached hydrogen (secondary N) is 1. The van der Waals surface area contributed by atoms with Crippen molar-refractivity contribution in [3.8, 4) is 0 Å². The van der Waals surface area contributed by atoms with Crippen LogP contribution in [0.4, 0.5) is 10.2 Å². The van der Waals surface area contributed by atoms with E-state index in [1.54, 1.807) is 6.07 Å². The van der Waals surface area contributed by atoms with Crippen LogP contribution in [0.15, 0.2) is 60.8 Å². The van der Waals surface area contributed by atoms with Crippen LogP contribution in [0.25, 0.3) is 0 Å². The summed E-state index contributed by atoms with van der Waals surface area (Å²) in [6.45, 7) is 6.78. The van der Waals surface area contributed by atoms with Crippen molar-refractivity contribution in [2.75, 3.05) is 31.5 Å². The summed E-state index contributed by atoms with van der Waals surface area (Å²) in [5, 5.41) is 8.54. The molecule has 7 heteroatoms. The standard InChI is InChI=1S/C23H26FN5S/c1-18-6-2-3-7-19(18)17-29-11-10-22(26-29)25-23(30)28-14-12-27(13-15-28)16-20-8-4-5-9-21(20)24/h2-11H,12-17H2,1H3,(H,25,26,30). The van der Waals surface area contributed by atoms with Gasteiger partial charge in [0, 0.05) is 50.6 Å². The number of nitrogens with zero attached hydrogens (tertiary/aromatic N) is 4. The van der Waals surface area contributed by atoms with Gasteiger partial charge < -0.3 is 10.2 Å². The van der Waals surface area contributed by atoms with Crippen molar-refractivity contribution in [3.63, 3.8) is 0 Å².